The number of nitrogens with zero attached hydrogens (tertiary/aromatic N) is 2. The first kappa shape index (κ1) is 20.6. The molecule has 6 nitrogen and oxygen atoms in total. The highest BCUT2D eigenvalue weighted by Crippen LogP contribution is 2.24. The lowest BCUT2D eigenvalue weighted by Crippen LogP contribution is -2.14. The average Bonchev–Trinajstić information content (AvgIpc) is 3.21. The molecule has 4 rings (SSSR count). The summed E-state index contributed by atoms with van der Waals surface area (Å²) in [5, 5.41) is 2.69. The van der Waals surface area contributed by atoms with Crippen molar-refractivity contribution < 1.29 is 18.7 Å². The molecule has 0 atom stereocenters. The van der Waals surface area contributed by atoms with E-state index in [2.05, 4.69) is 10.3 Å². The number of aromatic nitrogens is 2. The van der Waals surface area contributed by atoms with Gasteiger partial charge in [0, 0.05) is 23.0 Å². The van der Waals surface area contributed by atoms with Crippen LogP contribution in [0.1, 0.15) is 16.1 Å². The van der Waals surface area contributed by atoms with E-state index >= 15 is 0 Å². The molecule has 4 aromatic rings. The zero-order valence-corrected chi connectivity index (χ0v) is 17.1. The Hall–Kier alpha value is -3.65. The molecule has 0 aliphatic carbocycles. The van der Waals surface area contributed by atoms with Crippen molar-refractivity contribution in [3.05, 3.63) is 96.2 Å². The molecule has 156 valence electrons. The van der Waals surface area contributed by atoms with Crippen LogP contribution in [-0.2, 0) is 16.1 Å². The summed E-state index contributed by atoms with van der Waals surface area (Å²) in [5.74, 6) is -1.03. The van der Waals surface area contributed by atoms with Gasteiger partial charge >= 0.3 is 5.97 Å². The van der Waals surface area contributed by atoms with Crippen molar-refractivity contribution in [2.24, 2.45) is 0 Å². The molecule has 2 aromatic heterocycles. The molecular weight excluding hydrogens is 417 g/mol. The highest BCUT2D eigenvalue weighted by Gasteiger charge is 2.15. The van der Waals surface area contributed by atoms with Gasteiger partial charge in [-0.3, -0.25) is 4.79 Å². The van der Waals surface area contributed by atoms with Crippen LogP contribution in [0.2, 0.25) is 0 Å². The standard InChI is InChI=1S/C23H18FN3O3S/c24-16-8-10-17(11-9-16)26-22(28)15-31-20-6-2-1-5-19(20)23(29)30-14-18-13-27-12-4-3-7-21(27)25-18/h1-13H,14-15H2,(H,26,28). The van der Waals surface area contributed by atoms with Gasteiger partial charge in [0.25, 0.3) is 0 Å². The first-order chi connectivity index (χ1) is 15.1. The number of halogens is 1. The molecule has 0 spiro atoms. The molecule has 0 fully saturated rings. The average molecular weight is 435 g/mol. The molecule has 0 unspecified atom stereocenters. The van der Waals surface area contributed by atoms with Crippen LogP contribution in [0, 0.1) is 5.82 Å². The lowest BCUT2D eigenvalue weighted by Gasteiger charge is -2.09. The third kappa shape index (κ3) is 5.29. The molecule has 0 radical (unpaired) electrons. The predicted molar refractivity (Wildman–Crippen MR) is 117 cm³/mol. The van der Waals surface area contributed by atoms with Crippen LogP contribution in [0.15, 0.2) is 84.0 Å². The molecule has 1 N–H and O–H groups in total. The van der Waals surface area contributed by atoms with Gasteiger partial charge in [-0.2, -0.15) is 0 Å². The van der Waals surface area contributed by atoms with E-state index < -0.39 is 5.97 Å². The largest absolute Gasteiger partial charge is 0.455 e. The number of hydrogen-bond donors (Lipinski definition) is 1. The molecule has 8 heteroatoms. The summed E-state index contributed by atoms with van der Waals surface area (Å²) >= 11 is 1.22. The van der Waals surface area contributed by atoms with Gasteiger partial charge in [0.2, 0.25) is 5.91 Å². The number of rotatable bonds is 7. The molecule has 1 amide bonds. The lowest BCUT2D eigenvalue weighted by atomic mass is 10.2. The van der Waals surface area contributed by atoms with Crippen molar-refractivity contribution in [3.63, 3.8) is 0 Å². The SMILES string of the molecule is O=C(CSc1ccccc1C(=O)OCc1cn2ccccc2n1)Nc1ccc(F)cc1. The smallest absolute Gasteiger partial charge is 0.339 e. The van der Waals surface area contributed by atoms with Crippen LogP contribution in [0.25, 0.3) is 5.65 Å². The van der Waals surface area contributed by atoms with Gasteiger partial charge in [0.15, 0.2) is 0 Å². The van der Waals surface area contributed by atoms with E-state index in [1.165, 1.54) is 36.0 Å². The van der Waals surface area contributed by atoms with Crippen molar-refractivity contribution in [1.82, 2.24) is 9.38 Å². The van der Waals surface area contributed by atoms with Gasteiger partial charge in [-0.05, 0) is 48.5 Å². The number of pyridine rings is 1. The van der Waals surface area contributed by atoms with Crippen LogP contribution in [-0.4, -0.2) is 27.0 Å². The summed E-state index contributed by atoms with van der Waals surface area (Å²) < 4.78 is 20.3. The second-order valence-corrected chi connectivity index (χ2v) is 7.63. The molecule has 0 aliphatic heterocycles. The van der Waals surface area contributed by atoms with Crippen molar-refractivity contribution >= 4 is 35.0 Å². The quantitative estimate of drug-likeness (QED) is 0.340. The van der Waals surface area contributed by atoms with Crippen LogP contribution < -0.4 is 5.32 Å². The van der Waals surface area contributed by atoms with Gasteiger partial charge < -0.3 is 14.5 Å². The Morgan fingerprint density at radius 1 is 1.03 bits per heavy atom. The zero-order valence-electron chi connectivity index (χ0n) is 16.3. The summed E-state index contributed by atoms with van der Waals surface area (Å²) in [6, 6.07) is 18.1. The number of hydrogen-bond acceptors (Lipinski definition) is 5. The Kier molecular flexibility index (Phi) is 6.28. The Morgan fingerprint density at radius 3 is 2.61 bits per heavy atom. The minimum Gasteiger partial charge on any atom is -0.455 e. The molecule has 0 saturated carbocycles. The number of esters is 1. The molecule has 0 bridgehead atoms. The molecule has 2 aromatic carbocycles. The van der Waals surface area contributed by atoms with E-state index in [9.17, 15) is 14.0 Å². The van der Waals surface area contributed by atoms with E-state index in [1.807, 2.05) is 35.0 Å². The van der Waals surface area contributed by atoms with Gasteiger partial charge in [-0.1, -0.05) is 18.2 Å². The van der Waals surface area contributed by atoms with E-state index in [0.29, 0.717) is 21.8 Å². The maximum absolute atomic E-state index is 13.0. The molecule has 2 heterocycles. The lowest BCUT2D eigenvalue weighted by molar-refractivity contribution is -0.113. The topological polar surface area (TPSA) is 72.7 Å². The molecule has 0 saturated heterocycles. The fraction of sp³-hybridized carbons (Fsp3) is 0.0870. The first-order valence-electron chi connectivity index (χ1n) is 9.45. The van der Waals surface area contributed by atoms with Crippen LogP contribution in [0.3, 0.4) is 0 Å². The van der Waals surface area contributed by atoms with Crippen molar-refractivity contribution in [2.45, 2.75) is 11.5 Å². The number of fused-ring (bicyclic) bond motifs is 1. The van der Waals surface area contributed by atoms with Gasteiger partial charge in [0.05, 0.1) is 17.0 Å². The summed E-state index contributed by atoms with van der Waals surface area (Å²) in [6.45, 7) is 0.0462. The van der Waals surface area contributed by atoms with Crippen LogP contribution in [0.4, 0.5) is 10.1 Å². The number of carbonyl (C=O) groups excluding carboxylic acids is 2. The number of carbonyl (C=O) groups is 2. The second kappa shape index (κ2) is 9.44. The maximum atomic E-state index is 13.0. The summed E-state index contributed by atoms with van der Waals surface area (Å²) in [4.78, 5) is 29.9. The fourth-order valence-electron chi connectivity index (χ4n) is 2.91. The van der Waals surface area contributed by atoms with Crippen molar-refractivity contribution in [2.75, 3.05) is 11.1 Å². The predicted octanol–water partition coefficient (Wildman–Crippen LogP) is 4.56. The number of thioether (sulfide) groups is 1. The monoisotopic (exact) mass is 435 g/mol. The zero-order chi connectivity index (χ0) is 21.6. The Bertz CT molecular complexity index is 1190. The molecular formula is C23H18FN3O3S. The Balaban J connectivity index is 1.36. The summed E-state index contributed by atoms with van der Waals surface area (Å²) in [7, 11) is 0. The van der Waals surface area contributed by atoms with Crippen molar-refractivity contribution in [1.29, 1.82) is 0 Å². The van der Waals surface area contributed by atoms with Gasteiger partial charge in [0.1, 0.15) is 18.1 Å². The third-order valence-electron chi connectivity index (χ3n) is 4.36. The minimum atomic E-state index is -0.487. The Labute approximate surface area is 182 Å². The highest BCUT2D eigenvalue weighted by molar-refractivity contribution is 8.00. The van der Waals surface area contributed by atoms with Gasteiger partial charge in [-0.15, -0.1) is 11.8 Å². The van der Waals surface area contributed by atoms with E-state index in [1.54, 1.807) is 24.3 Å². The number of imidazole rings is 1. The number of ether oxygens (including phenoxy) is 1. The van der Waals surface area contributed by atoms with Crippen LogP contribution >= 0.6 is 11.8 Å². The number of benzene rings is 2. The molecule has 0 aliphatic rings. The van der Waals surface area contributed by atoms with E-state index in [4.69, 9.17) is 4.74 Å². The third-order valence-corrected chi connectivity index (χ3v) is 5.43. The molecule has 31 heavy (non-hydrogen) atoms. The van der Waals surface area contributed by atoms with Crippen LogP contribution in [0.5, 0.6) is 0 Å². The van der Waals surface area contributed by atoms with E-state index in [-0.39, 0.29) is 24.1 Å². The van der Waals surface area contributed by atoms with Crippen molar-refractivity contribution in [3.8, 4) is 0 Å². The Morgan fingerprint density at radius 2 is 1.81 bits per heavy atom. The number of anilines is 1. The normalized spacial score (nSPS) is 10.7. The summed E-state index contributed by atoms with van der Waals surface area (Å²) in [6.07, 6.45) is 3.68. The summed E-state index contributed by atoms with van der Waals surface area (Å²) in [5.41, 5.74) is 2.30. The minimum absolute atomic E-state index is 0.0462. The number of nitrogens with one attached hydrogen (secondary N) is 1. The van der Waals surface area contributed by atoms with Gasteiger partial charge in [-0.25, -0.2) is 14.2 Å². The fourth-order valence-corrected chi connectivity index (χ4v) is 3.75. The maximum Gasteiger partial charge on any atom is 0.339 e. The number of amides is 1. The van der Waals surface area contributed by atoms with E-state index in [0.717, 1.165) is 5.65 Å². The second-order valence-electron chi connectivity index (χ2n) is 6.61. The first-order valence-corrected chi connectivity index (χ1v) is 10.4. The highest BCUT2D eigenvalue weighted by atomic mass is 32.2.